The highest BCUT2D eigenvalue weighted by molar-refractivity contribution is 5.73. The second-order valence-corrected chi connectivity index (χ2v) is 3.27. The number of carboxylic acids is 1. The highest BCUT2D eigenvalue weighted by Crippen LogP contribution is 2.13. The molecule has 0 unspecified atom stereocenters. The number of ether oxygens (including phenoxy) is 1. The number of carboxylic acid groups (broad SMARTS) is 2. The first-order valence-corrected chi connectivity index (χ1v) is 4.71. The van der Waals surface area contributed by atoms with Crippen LogP contribution in [-0.2, 0) is 11.2 Å². The number of hydrogen-bond acceptors (Lipinski definition) is 5. The quantitative estimate of drug-likeness (QED) is 0.251. The molecule has 0 spiro atoms. The molecule has 0 aliphatic heterocycles. The third-order valence-electron chi connectivity index (χ3n) is 2.07. The molecule has 17 heavy (non-hydrogen) atoms. The summed E-state index contributed by atoms with van der Waals surface area (Å²) in [6.07, 6.45) is -1.20. The minimum absolute atomic E-state index is 0.175. The van der Waals surface area contributed by atoms with Crippen molar-refractivity contribution in [3.8, 4) is 5.75 Å². The molecule has 0 aliphatic rings. The van der Waals surface area contributed by atoms with E-state index in [-0.39, 0.29) is 12.2 Å². The van der Waals surface area contributed by atoms with Crippen molar-refractivity contribution < 1.29 is 24.5 Å². The maximum Gasteiger partial charge on any atom is 0.511 e. The molecular formula is C10H12N2O5. The van der Waals surface area contributed by atoms with Crippen molar-refractivity contribution >= 4 is 12.1 Å². The first-order chi connectivity index (χ1) is 8.02. The zero-order valence-electron chi connectivity index (χ0n) is 8.79. The van der Waals surface area contributed by atoms with E-state index in [1.165, 1.54) is 12.1 Å². The average Bonchev–Trinajstić information content (AvgIpc) is 2.26. The molecule has 0 bridgehead atoms. The topological polar surface area (TPSA) is 122 Å². The second-order valence-electron chi connectivity index (χ2n) is 3.27. The van der Waals surface area contributed by atoms with Gasteiger partial charge in [0.25, 0.3) is 0 Å². The number of carbonyl (C=O) groups is 2. The Bertz CT molecular complexity index is 404. The summed E-state index contributed by atoms with van der Waals surface area (Å²) in [5, 5.41) is 17.1. The second kappa shape index (κ2) is 5.83. The van der Waals surface area contributed by atoms with Gasteiger partial charge in [-0.3, -0.25) is 10.6 Å². The van der Waals surface area contributed by atoms with Crippen LogP contribution < -0.4 is 16.0 Å². The van der Waals surface area contributed by atoms with Crippen molar-refractivity contribution in [2.24, 2.45) is 5.84 Å². The summed E-state index contributed by atoms with van der Waals surface area (Å²) in [6.45, 7) is 0. The van der Waals surface area contributed by atoms with Gasteiger partial charge in [-0.15, -0.1) is 0 Å². The van der Waals surface area contributed by atoms with Crippen LogP contribution in [0.15, 0.2) is 24.3 Å². The van der Waals surface area contributed by atoms with E-state index < -0.39 is 18.2 Å². The lowest BCUT2D eigenvalue weighted by molar-refractivity contribution is -0.139. The smallest absolute Gasteiger partial charge is 0.480 e. The first-order valence-electron chi connectivity index (χ1n) is 4.71. The Labute approximate surface area is 96.8 Å². The van der Waals surface area contributed by atoms with Crippen molar-refractivity contribution in [3.05, 3.63) is 29.8 Å². The maximum absolute atomic E-state index is 10.7. The van der Waals surface area contributed by atoms with Crippen LogP contribution in [0.2, 0.25) is 0 Å². The number of nitrogens with two attached hydrogens (primary N) is 1. The van der Waals surface area contributed by atoms with Crippen molar-refractivity contribution in [3.63, 3.8) is 0 Å². The fourth-order valence-electron chi connectivity index (χ4n) is 1.25. The van der Waals surface area contributed by atoms with Gasteiger partial charge in [0.15, 0.2) is 0 Å². The molecule has 0 amide bonds. The van der Waals surface area contributed by atoms with Crippen LogP contribution in [0, 0.1) is 0 Å². The number of hydrogen-bond donors (Lipinski definition) is 4. The Hall–Kier alpha value is -2.12. The van der Waals surface area contributed by atoms with E-state index in [0.717, 1.165) is 0 Å². The lowest BCUT2D eigenvalue weighted by Crippen LogP contribution is -2.42. The molecular weight excluding hydrogens is 228 g/mol. The summed E-state index contributed by atoms with van der Waals surface area (Å²) in [4.78, 5) is 20.9. The van der Waals surface area contributed by atoms with E-state index in [1.807, 2.05) is 0 Å². The fourth-order valence-corrected chi connectivity index (χ4v) is 1.25. The van der Waals surface area contributed by atoms with Gasteiger partial charge in [0.1, 0.15) is 11.8 Å². The Morgan fingerprint density at radius 1 is 1.29 bits per heavy atom. The fraction of sp³-hybridized carbons (Fsp3) is 0.200. The molecule has 0 saturated carbocycles. The van der Waals surface area contributed by atoms with E-state index in [9.17, 15) is 9.59 Å². The number of benzene rings is 1. The monoisotopic (exact) mass is 240 g/mol. The van der Waals surface area contributed by atoms with E-state index in [2.05, 4.69) is 10.2 Å². The zero-order chi connectivity index (χ0) is 12.8. The standard InChI is InChI=1S/C10H12N2O5/c11-12-8(9(13)14)5-6-1-3-7(4-2-6)17-10(15)16/h1-4,8,12H,5,11H2,(H,13,14)(H,15,16)/t8-/m0/s1. The van der Waals surface area contributed by atoms with Gasteiger partial charge in [0, 0.05) is 0 Å². The van der Waals surface area contributed by atoms with Gasteiger partial charge in [0.2, 0.25) is 0 Å². The molecule has 0 radical (unpaired) electrons. The molecule has 1 rings (SSSR count). The lowest BCUT2D eigenvalue weighted by atomic mass is 10.1. The summed E-state index contributed by atoms with van der Waals surface area (Å²) in [6, 6.07) is 5.15. The summed E-state index contributed by atoms with van der Waals surface area (Å²) in [5.74, 6) is 4.20. The van der Waals surface area contributed by atoms with Crippen LogP contribution in [0.1, 0.15) is 5.56 Å². The van der Waals surface area contributed by atoms with Gasteiger partial charge in [-0.05, 0) is 24.1 Å². The Morgan fingerprint density at radius 3 is 2.29 bits per heavy atom. The van der Waals surface area contributed by atoms with E-state index >= 15 is 0 Å². The Kier molecular flexibility index (Phi) is 4.44. The number of nitrogens with one attached hydrogen (secondary N) is 1. The van der Waals surface area contributed by atoms with Crippen LogP contribution in [0.5, 0.6) is 5.75 Å². The molecule has 92 valence electrons. The van der Waals surface area contributed by atoms with Gasteiger partial charge < -0.3 is 14.9 Å². The van der Waals surface area contributed by atoms with Crippen LogP contribution in [0.3, 0.4) is 0 Å². The van der Waals surface area contributed by atoms with Crippen molar-refractivity contribution in [1.29, 1.82) is 0 Å². The molecule has 0 aliphatic carbocycles. The number of hydrazine groups is 1. The number of aliphatic carboxylic acids is 1. The molecule has 1 atom stereocenters. The molecule has 0 saturated heterocycles. The van der Waals surface area contributed by atoms with E-state index in [4.69, 9.17) is 16.1 Å². The summed E-state index contributed by atoms with van der Waals surface area (Å²) in [5.41, 5.74) is 2.87. The molecule has 1 aromatic carbocycles. The molecule has 5 N–H and O–H groups in total. The SMILES string of the molecule is NN[C@@H](Cc1ccc(OC(=O)O)cc1)C(=O)O. The van der Waals surface area contributed by atoms with Gasteiger partial charge >= 0.3 is 12.1 Å². The Morgan fingerprint density at radius 2 is 1.88 bits per heavy atom. The molecule has 1 aromatic rings. The molecule has 0 aromatic heterocycles. The molecule has 0 fully saturated rings. The largest absolute Gasteiger partial charge is 0.511 e. The van der Waals surface area contributed by atoms with Crippen molar-refractivity contribution in [2.75, 3.05) is 0 Å². The predicted octanol–water partition coefficient (Wildman–Crippen LogP) is 0.202. The van der Waals surface area contributed by atoms with Gasteiger partial charge in [-0.25, -0.2) is 10.2 Å². The van der Waals surface area contributed by atoms with Crippen molar-refractivity contribution in [2.45, 2.75) is 12.5 Å². The molecule has 7 heteroatoms. The minimum atomic E-state index is -1.40. The third-order valence-corrected chi connectivity index (χ3v) is 2.07. The summed E-state index contributed by atoms with van der Waals surface area (Å²) < 4.78 is 4.41. The van der Waals surface area contributed by atoms with Crippen LogP contribution in [0.4, 0.5) is 4.79 Å². The average molecular weight is 240 g/mol. The van der Waals surface area contributed by atoms with Crippen LogP contribution in [-0.4, -0.2) is 28.4 Å². The molecule has 0 heterocycles. The van der Waals surface area contributed by atoms with E-state index in [0.29, 0.717) is 5.56 Å². The maximum atomic E-state index is 10.7. The van der Waals surface area contributed by atoms with Gasteiger partial charge in [0.05, 0.1) is 0 Å². The normalized spacial score (nSPS) is 11.8. The minimum Gasteiger partial charge on any atom is -0.480 e. The zero-order valence-corrected chi connectivity index (χ0v) is 8.79. The molecule has 7 nitrogen and oxygen atoms in total. The third kappa shape index (κ3) is 4.09. The Balaban J connectivity index is 2.67. The summed E-state index contributed by atoms with van der Waals surface area (Å²) >= 11 is 0. The number of rotatable bonds is 5. The van der Waals surface area contributed by atoms with Crippen LogP contribution in [0.25, 0.3) is 0 Å². The highest BCUT2D eigenvalue weighted by Gasteiger charge is 2.15. The predicted molar refractivity (Wildman–Crippen MR) is 57.5 cm³/mol. The van der Waals surface area contributed by atoms with Crippen LogP contribution >= 0.6 is 0 Å². The van der Waals surface area contributed by atoms with Gasteiger partial charge in [-0.2, -0.15) is 0 Å². The van der Waals surface area contributed by atoms with Crippen molar-refractivity contribution in [1.82, 2.24) is 5.43 Å². The summed E-state index contributed by atoms with van der Waals surface area (Å²) in [7, 11) is 0. The lowest BCUT2D eigenvalue weighted by Gasteiger charge is -2.10. The highest BCUT2D eigenvalue weighted by atomic mass is 16.7. The van der Waals surface area contributed by atoms with Gasteiger partial charge in [-0.1, -0.05) is 12.1 Å². The first kappa shape index (κ1) is 12.9. The van der Waals surface area contributed by atoms with E-state index in [1.54, 1.807) is 12.1 Å².